The minimum atomic E-state index is -4.45. The van der Waals surface area contributed by atoms with Crippen LogP contribution in [-0.2, 0) is 22.4 Å². The Kier molecular flexibility index (Phi) is 17.6. The lowest BCUT2D eigenvalue weighted by Gasteiger charge is -2.25. The molecule has 2 rings (SSSR count). The quantitative estimate of drug-likeness (QED) is 0.0836. The number of hydrogen-bond acceptors (Lipinski definition) is 5. The SMILES string of the molecule is CCCCCCCCCCCCCCCC(=O)N[C@@H](Cc1ccc(OCc2ccccn2)cc1)[C@@H](O)CP(=O)(O)O. The van der Waals surface area contributed by atoms with Gasteiger partial charge in [-0.25, -0.2) is 0 Å². The second kappa shape index (κ2) is 20.6. The van der Waals surface area contributed by atoms with Gasteiger partial charge in [0.1, 0.15) is 12.4 Å². The molecule has 0 spiro atoms. The van der Waals surface area contributed by atoms with E-state index in [0.717, 1.165) is 30.5 Å². The summed E-state index contributed by atoms with van der Waals surface area (Å²) < 4.78 is 17.3. The Morgan fingerprint density at radius 1 is 0.878 bits per heavy atom. The Balaban J connectivity index is 1.71. The summed E-state index contributed by atoms with van der Waals surface area (Å²) in [7, 11) is -4.45. The predicted molar refractivity (Wildman–Crippen MR) is 164 cm³/mol. The van der Waals surface area contributed by atoms with Gasteiger partial charge in [-0.3, -0.25) is 14.3 Å². The molecule has 2 aromatic rings. The fourth-order valence-electron chi connectivity index (χ4n) is 4.85. The lowest BCUT2D eigenvalue weighted by Crippen LogP contribution is -2.46. The zero-order chi connectivity index (χ0) is 29.8. The summed E-state index contributed by atoms with van der Waals surface area (Å²) in [6.07, 6.45) is 16.1. The number of carbonyl (C=O) groups is 1. The third-order valence-electron chi connectivity index (χ3n) is 7.23. The summed E-state index contributed by atoms with van der Waals surface area (Å²) in [6.45, 7) is 2.58. The highest BCUT2D eigenvalue weighted by molar-refractivity contribution is 7.51. The standard InChI is InChI=1S/C32H51N2O6P/c1-2-3-4-5-6-7-8-9-10-11-12-13-14-18-32(36)34-30(31(35)26-41(37,38)39)24-27-19-21-29(22-20-27)40-25-28-17-15-16-23-33-28/h15-17,19-23,30-31,35H,2-14,18,24-26H2,1H3,(H,34,36)(H2,37,38,39)/t30-,31-/m0/s1. The maximum absolute atomic E-state index is 12.6. The summed E-state index contributed by atoms with van der Waals surface area (Å²) in [5.74, 6) is 0.441. The third kappa shape index (κ3) is 17.3. The molecule has 8 nitrogen and oxygen atoms in total. The zero-order valence-electron chi connectivity index (χ0n) is 24.8. The van der Waals surface area contributed by atoms with Gasteiger partial charge in [-0.05, 0) is 42.7 Å². The van der Waals surface area contributed by atoms with Crippen molar-refractivity contribution in [2.24, 2.45) is 0 Å². The molecule has 41 heavy (non-hydrogen) atoms. The Morgan fingerprint density at radius 2 is 1.46 bits per heavy atom. The van der Waals surface area contributed by atoms with E-state index in [1.807, 2.05) is 30.3 Å². The van der Waals surface area contributed by atoms with Crippen molar-refractivity contribution in [1.29, 1.82) is 0 Å². The van der Waals surface area contributed by atoms with E-state index in [-0.39, 0.29) is 12.3 Å². The van der Waals surface area contributed by atoms with Crippen molar-refractivity contribution in [2.45, 2.75) is 122 Å². The van der Waals surface area contributed by atoms with Gasteiger partial charge >= 0.3 is 7.60 Å². The number of rotatable bonds is 23. The Labute approximate surface area is 246 Å². The molecule has 4 N–H and O–H groups in total. The van der Waals surface area contributed by atoms with Gasteiger partial charge in [-0.15, -0.1) is 0 Å². The molecule has 1 aromatic heterocycles. The molecule has 0 unspecified atom stereocenters. The van der Waals surface area contributed by atoms with Crippen molar-refractivity contribution in [1.82, 2.24) is 10.3 Å². The molecule has 1 amide bonds. The first-order valence-corrected chi connectivity index (χ1v) is 17.2. The molecule has 0 aliphatic rings. The molecule has 0 aliphatic carbocycles. The van der Waals surface area contributed by atoms with Crippen LogP contribution in [0.1, 0.15) is 108 Å². The van der Waals surface area contributed by atoms with Crippen LogP contribution in [0.4, 0.5) is 0 Å². The Bertz CT molecular complexity index is 999. The number of carbonyl (C=O) groups excluding carboxylic acids is 1. The summed E-state index contributed by atoms with van der Waals surface area (Å²) in [4.78, 5) is 35.6. The van der Waals surface area contributed by atoms with Gasteiger partial charge in [0.05, 0.1) is 24.0 Å². The van der Waals surface area contributed by atoms with Gasteiger partial charge in [-0.2, -0.15) is 0 Å². The number of aromatic nitrogens is 1. The Morgan fingerprint density at radius 3 is 2.00 bits per heavy atom. The fraction of sp³-hybridized carbons (Fsp3) is 0.625. The van der Waals surface area contributed by atoms with Crippen molar-refractivity contribution in [3.05, 3.63) is 59.9 Å². The van der Waals surface area contributed by atoms with Gasteiger partial charge in [0, 0.05) is 12.6 Å². The van der Waals surface area contributed by atoms with E-state index in [9.17, 15) is 24.3 Å². The van der Waals surface area contributed by atoms with Crippen molar-refractivity contribution in [3.63, 3.8) is 0 Å². The molecule has 230 valence electrons. The summed E-state index contributed by atoms with van der Waals surface area (Å²) in [5, 5.41) is 13.4. The third-order valence-corrected chi connectivity index (χ3v) is 8.08. The van der Waals surface area contributed by atoms with Crippen LogP contribution in [0, 0.1) is 0 Å². The van der Waals surface area contributed by atoms with E-state index in [4.69, 9.17) is 4.74 Å². The highest BCUT2D eigenvalue weighted by Gasteiger charge is 2.28. The van der Waals surface area contributed by atoms with E-state index in [2.05, 4.69) is 17.2 Å². The van der Waals surface area contributed by atoms with Crippen molar-refractivity contribution >= 4 is 13.5 Å². The van der Waals surface area contributed by atoms with Crippen LogP contribution in [-0.4, -0.2) is 44.1 Å². The van der Waals surface area contributed by atoms with E-state index < -0.39 is 25.9 Å². The van der Waals surface area contributed by atoms with Gasteiger partial charge in [0.2, 0.25) is 5.91 Å². The van der Waals surface area contributed by atoms with Crippen molar-refractivity contribution < 1.29 is 29.0 Å². The molecule has 9 heteroatoms. The van der Waals surface area contributed by atoms with Crippen LogP contribution in [0.2, 0.25) is 0 Å². The van der Waals surface area contributed by atoms with Gasteiger partial charge in [-0.1, -0.05) is 102 Å². The summed E-state index contributed by atoms with van der Waals surface area (Å²) >= 11 is 0. The smallest absolute Gasteiger partial charge is 0.328 e. The normalized spacial score (nSPS) is 13.1. The average Bonchev–Trinajstić information content (AvgIpc) is 2.94. The average molecular weight is 591 g/mol. The minimum Gasteiger partial charge on any atom is -0.487 e. The van der Waals surface area contributed by atoms with Crippen LogP contribution in [0.15, 0.2) is 48.7 Å². The number of ether oxygens (including phenoxy) is 1. The number of aliphatic hydroxyl groups excluding tert-OH is 1. The zero-order valence-corrected chi connectivity index (χ0v) is 25.6. The largest absolute Gasteiger partial charge is 0.487 e. The second-order valence-corrected chi connectivity index (χ2v) is 12.7. The second-order valence-electron chi connectivity index (χ2n) is 11.0. The monoisotopic (exact) mass is 590 g/mol. The number of nitrogens with zero attached hydrogens (tertiary/aromatic N) is 1. The van der Waals surface area contributed by atoms with Gasteiger partial charge in [0.15, 0.2) is 0 Å². The molecule has 0 saturated carbocycles. The first-order valence-electron chi connectivity index (χ1n) is 15.4. The Hall–Kier alpha value is -2.25. The van der Waals surface area contributed by atoms with Crippen LogP contribution in [0.25, 0.3) is 0 Å². The highest BCUT2D eigenvalue weighted by Crippen LogP contribution is 2.35. The first-order chi connectivity index (χ1) is 19.8. The molecule has 0 fully saturated rings. The van der Waals surface area contributed by atoms with Gasteiger partial charge in [0.25, 0.3) is 0 Å². The van der Waals surface area contributed by atoms with Crippen molar-refractivity contribution in [2.75, 3.05) is 6.16 Å². The maximum Gasteiger partial charge on any atom is 0.328 e. The minimum absolute atomic E-state index is 0.210. The molecule has 2 atom stereocenters. The van der Waals surface area contributed by atoms with E-state index in [0.29, 0.717) is 18.8 Å². The number of aliphatic hydroxyl groups is 1. The molecule has 0 aliphatic heterocycles. The molecule has 0 saturated heterocycles. The lowest BCUT2D eigenvalue weighted by molar-refractivity contribution is -0.122. The van der Waals surface area contributed by atoms with Crippen LogP contribution in [0.3, 0.4) is 0 Å². The molecule has 0 bridgehead atoms. The number of nitrogens with one attached hydrogen (secondary N) is 1. The van der Waals surface area contributed by atoms with Crippen LogP contribution < -0.4 is 10.1 Å². The topological polar surface area (TPSA) is 129 Å². The van der Waals surface area contributed by atoms with Gasteiger partial charge < -0.3 is 24.9 Å². The van der Waals surface area contributed by atoms with E-state index >= 15 is 0 Å². The number of benzene rings is 1. The number of pyridine rings is 1. The highest BCUT2D eigenvalue weighted by atomic mass is 31.2. The number of amides is 1. The molecular formula is C32H51N2O6P. The van der Waals surface area contributed by atoms with E-state index in [1.165, 1.54) is 64.2 Å². The number of unbranched alkanes of at least 4 members (excludes halogenated alkanes) is 12. The maximum atomic E-state index is 12.6. The molecule has 1 aromatic carbocycles. The predicted octanol–water partition coefficient (Wildman–Crippen LogP) is 6.71. The fourth-order valence-corrected chi connectivity index (χ4v) is 5.59. The number of hydrogen-bond donors (Lipinski definition) is 4. The van der Waals surface area contributed by atoms with Crippen LogP contribution in [0.5, 0.6) is 5.75 Å². The lowest BCUT2D eigenvalue weighted by atomic mass is 10.0. The van der Waals surface area contributed by atoms with Crippen LogP contribution >= 0.6 is 7.60 Å². The molecular weight excluding hydrogens is 539 g/mol. The van der Waals surface area contributed by atoms with Crippen molar-refractivity contribution in [3.8, 4) is 5.75 Å². The molecule has 0 radical (unpaired) electrons. The molecule has 1 heterocycles. The van der Waals surface area contributed by atoms with E-state index in [1.54, 1.807) is 18.3 Å². The first kappa shape index (κ1) is 34.9. The summed E-state index contributed by atoms with van der Waals surface area (Å²) in [5.41, 5.74) is 1.62. The summed E-state index contributed by atoms with van der Waals surface area (Å²) in [6, 6.07) is 12.0.